The third-order valence-electron chi connectivity index (χ3n) is 3.68. The molecule has 0 saturated heterocycles. The van der Waals surface area contributed by atoms with Crippen molar-refractivity contribution in [3.8, 4) is 0 Å². The first kappa shape index (κ1) is 15.0. The molecule has 0 amide bonds. The van der Waals surface area contributed by atoms with Gasteiger partial charge in [0.25, 0.3) is 0 Å². The number of hydrogen-bond acceptors (Lipinski definition) is 1. The summed E-state index contributed by atoms with van der Waals surface area (Å²) in [6, 6.07) is 1.74. The molecule has 0 aromatic rings. The van der Waals surface area contributed by atoms with Gasteiger partial charge in [-0.15, -0.1) is 0 Å². The van der Waals surface area contributed by atoms with Gasteiger partial charge < -0.3 is 5.32 Å². The molecule has 0 spiro atoms. The number of rotatable bonds is 2. The highest BCUT2D eigenvalue weighted by atomic mass is 14.9. The summed E-state index contributed by atoms with van der Waals surface area (Å²) in [6.07, 6.45) is 14.6. The summed E-state index contributed by atoms with van der Waals surface area (Å²) >= 11 is 0. The molecule has 1 radical (unpaired) electrons. The van der Waals surface area contributed by atoms with Crippen LogP contribution in [-0.2, 0) is 0 Å². The molecule has 0 aromatic heterocycles. The minimum Gasteiger partial charge on any atom is -0.311 e. The van der Waals surface area contributed by atoms with Crippen molar-refractivity contribution < 1.29 is 0 Å². The fourth-order valence-corrected chi connectivity index (χ4v) is 2.87. The van der Waals surface area contributed by atoms with E-state index in [0.717, 1.165) is 12.1 Å². The van der Waals surface area contributed by atoms with E-state index in [1.165, 1.54) is 70.1 Å². The van der Waals surface area contributed by atoms with Crippen LogP contribution in [0, 0.1) is 5.92 Å². The van der Waals surface area contributed by atoms with E-state index in [1.54, 1.807) is 0 Å². The minimum atomic E-state index is 0.872. The van der Waals surface area contributed by atoms with Crippen molar-refractivity contribution in [3.63, 3.8) is 0 Å². The molecular weight excluding hydrogens is 206 g/mol. The highest BCUT2D eigenvalue weighted by molar-refractivity contribution is 4.79. The summed E-state index contributed by atoms with van der Waals surface area (Å²) in [5, 5.41) is 3.86. The standard InChI is InChI=1S/C12H23N.C4H9/c1-3-7-11(8-4-1)13-12-9-5-2-6-10-12;1-4(2)3/h11-13H,1-10H2;1-3H3. The lowest BCUT2D eigenvalue weighted by molar-refractivity contribution is 0.291. The average Bonchev–Trinajstić information content (AvgIpc) is 2.31. The maximum absolute atomic E-state index is 3.86. The summed E-state index contributed by atoms with van der Waals surface area (Å²) in [7, 11) is 0. The van der Waals surface area contributed by atoms with Crippen LogP contribution in [0.15, 0.2) is 0 Å². The van der Waals surface area contributed by atoms with E-state index >= 15 is 0 Å². The molecule has 1 N–H and O–H groups in total. The van der Waals surface area contributed by atoms with Crippen molar-refractivity contribution in [3.05, 3.63) is 5.92 Å². The summed E-state index contributed by atoms with van der Waals surface area (Å²) in [5.41, 5.74) is 0. The second-order valence-electron chi connectivity index (χ2n) is 6.34. The van der Waals surface area contributed by atoms with Crippen LogP contribution in [0.2, 0.25) is 0 Å². The summed E-state index contributed by atoms with van der Waals surface area (Å²) < 4.78 is 0. The van der Waals surface area contributed by atoms with E-state index in [2.05, 4.69) is 26.1 Å². The largest absolute Gasteiger partial charge is 0.311 e. The zero-order valence-electron chi connectivity index (χ0n) is 12.2. The van der Waals surface area contributed by atoms with Gasteiger partial charge in [-0.25, -0.2) is 0 Å². The van der Waals surface area contributed by atoms with E-state index in [9.17, 15) is 0 Å². The van der Waals surface area contributed by atoms with Crippen molar-refractivity contribution in [2.45, 2.75) is 97.1 Å². The van der Waals surface area contributed by atoms with E-state index in [0.29, 0.717) is 0 Å². The van der Waals surface area contributed by atoms with Crippen LogP contribution >= 0.6 is 0 Å². The van der Waals surface area contributed by atoms with Crippen molar-refractivity contribution >= 4 is 0 Å². The molecule has 1 nitrogen and oxygen atoms in total. The lowest BCUT2D eigenvalue weighted by Crippen LogP contribution is -2.40. The first-order chi connectivity index (χ1) is 8.18. The smallest absolute Gasteiger partial charge is 0.00696 e. The molecule has 2 aliphatic carbocycles. The van der Waals surface area contributed by atoms with E-state index in [1.807, 2.05) is 0 Å². The first-order valence-corrected chi connectivity index (χ1v) is 7.71. The Labute approximate surface area is 109 Å². The van der Waals surface area contributed by atoms with Gasteiger partial charge in [-0.1, -0.05) is 59.3 Å². The molecule has 0 unspecified atom stereocenters. The van der Waals surface area contributed by atoms with E-state index in [-0.39, 0.29) is 0 Å². The van der Waals surface area contributed by atoms with E-state index < -0.39 is 0 Å². The topological polar surface area (TPSA) is 12.0 Å². The molecule has 0 aromatic carbocycles. The predicted octanol–water partition coefficient (Wildman–Crippen LogP) is 4.86. The monoisotopic (exact) mass is 238 g/mol. The van der Waals surface area contributed by atoms with Gasteiger partial charge in [0.05, 0.1) is 0 Å². The Balaban J connectivity index is 0.000000317. The Morgan fingerprint density at radius 3 is 1.24 bits per heavy atom. The fourth-order valence-electron chi connectivity index (χ4n) is 2.87. The Morgan fingerprint density at radius 1 is 0.647 bits per heavy atom. The molecule has 2 fully saturated rings. The normalized spacial score (nSPS) is 23.3. The lowest BCUT2D eigenvalue weighted by atomic mass is 9.91. The molecule has 0 bridgehead atoms. The third kappa shape index (κ3) is 7.81. The minimum absolute atomic E-state index is 0.872. The Bertz CT molecular complexity index is 146. The average molecular weight is 238 g/mol. The number of hydrogen-bond donors (Lipinski definition) is 1. The summed E-state index contributed by atoms with van der Waals surface area (Å²) in [4.78, 5) is 0. The Morgan fingerprint density at radius 2 is 0.941 bits per heavy atom. The van der Waals surface area contributed by atoms with Gasteiger partial charge in [-0.05, 0) is 31.6 Å². The van der Waals surface area contributed by atoms with E-state index in [4.69, 9.17) is 0 Å². The van der Waals surface area contributed by atoms with Crippen LogP contribution in [0.5, 0.6) is 0 Å². The Kier molecular flexibility index (Phi) is 7.92. The van der Waals surface area contributed by atoms with Crippen LogP contribution < -0.4 is 5.32 Å². The van der Waals surface area contributed by atoms with Crippen molar-refractivity contribution in [1.82, 2.24) is 5.32 Å². The molecule has 2 saturated carbocycles. The molecule has 2 aliphatic rings. The zero-order chi connectivity index (χ0) is 12.5. The maximum Gasteiger partial charge on any atom is 0.00696 e. The fraction of sp³-hybridized carbons (Fsp3) is 0.938. The third-order valence-corrected chi connectivity index (χ3v) is 3.68. The lowest BCUT2D eigenvalue weighted by Gasteiger charge is -2.30. The van der Waals surface area contributed by atoms with Crippen molar-refractivity contribution in [2.24, 2.45) is 0 Å². The van der Waals surface area contributed by atoms with Gasteiger partial charge >= 0.3 is 0 Å². The number of nitrogens with one attached hydrogen (secondary N) is 1. The predicted molar refractivity (Wildman–Crippen MR) is 77.1 cm³/mol. The highest BCUT2D eigenvalue weighted by Gasteiger charge is 2.19. The van der Waals surface area contributed by atoms with Crippen LogP contribution in [0.3, 0.4) is 0 Å². The SMILES string of the molecule is C1CCC(NC2CCCCC2)CC1.C[C](C)C. The quantitative estimate of drug-likeness (QED) is 0.724. The molecule has 1 heteroatoms. The molecule has 17 heavy (non-hydrogen) atoms. The van der Waals surface area contributed by atoms with Crippen LogP contribution in [0.25, 0.3) is 0 Å². The maximum atomic E-state index is 3.86. The molecule has 101 valence electrons. The zero-order valence-corrected chi connectivity index (χ0v) is 12.2. The molecule has 2 rings (SSSR count). The molecule has 0 aliphatic heterocycles. The van der Waals surface area contributed by atoms with Crippen LogP contribution in [-0.4, -0.2) is 12.1 Å². The second-order valence-corrected chi connectivity index (χ2v) is 6.34. The second kappa shape index (κ2) is 8.97. The van der Waals surface area contributed by atoms with Gasteiger partial charge in [-0.3, -0.25) is 0 Å². The van der Waals surface area contributed by atoms with Gasteiger partial charge in [-0.2, -0.15) is 0 Å². The van der Waals surface area contributed by atoms with Gasteiger partial charge in [0, 0.05) is 12.1 Å². The van der Waals surface area contributed by atoms with Crippen LogP contribution in [0.1, 0.15) is 85.0 Å². The summed E-state index contributed by atoms with van der Waals surface area (Å²) in [5.74, 6) is 1.42. The molecular formula is C16H32N. The van der Waals surface area contributed by atoms with Crippen molar-refractivity contribution in [2.75, 3.05) is 0 Å². The van der Waals surface area contributed by atoms with Gasteiger partial charge in [0.15, 0.2) is 0 Å². The highest BCUT2D eigenvalue weighted by Crippen LogP contribution is 2.22. The first-order valence-electron chi connectivity index (χ1n) is 7.71. The van der Waals surface area contributed by atoms with Crippen molar-refractivity contribution in [1.29, 1.82) is 0 Å². The Hall–Kier alpha value is -0.0400. The summed E-state index contributed by atoms with van der Waals surface area (Å²) in [6.45, 7) is 6.25. The molecule has 0 atom stereocenters. The van der Waals surface area contributed by atoms with Crippen LogP contribution in [0.4, 0.5) is 0 Å². The van der Waals surface area contributed by atoms with Gasteiger partial charge in [0.1, 0.15) is 0 Å². The molecule has 0 heterocycles. The van der Waals surface area contributed by atoms with Gasteiger partial charge in [0.2, 0.25) is 0 Å².